The summed E-state index contributed by atoms with van der Waals surface area (Å²) in [5.74, 6) is 2.62. The summed E-state index contributed by atoms with van der Waals surface area (Å²) in [7, 11) is 7.34. The summed E-state index contributed by atoms with van der Waals surface area (Å²) in [6.07, 6.45) is 2.20. The van der Waals surface area contributed by atoms with Crippen LogP contribution >= 0.6 is 24.0 Å². The number of likely N-dealkylation sites (N-methyl/N-ethyl adjacent to an activating group) is 1. The second-order valence-corrected chi connectivity index (χ2v) is 6.91. The molecule has 7 nitrogen and oxygen atoms in total. The summed E-state index contributed by atoms with van der Waals surface area (Å²) in [5, 5.41) is 6.71. The van der Waals surface area contributed by atoms with Crippen molar-refractivity contribution < 1.29 is 14.2 Å². The van der Waals surface area contributed by atoms with Crippen LogP contribution in [0.1, 0.15) is 24.5 Å². The molecule has 0 amide bonds. The summed E-state index contributed by atoms with van der Waals surface area (Å²) >= 11 is 0. The Labute approximate surface area is 186 Å². The van der Waals surface area contributed by atoms with Crippen LogP contribution in [0.2, 0.25) is 0 Å². The van der Waals surface area contributed by atoms with Gasteiger partial charge in [-0.1, -0.05) is 0 Å². The van der Waals surface area contributed by atoms with Gasteiger partial charge in [-0.15, -0.1) is 24.0 Å². The fourth-order valence-corrected chi connectivity index (χ4v) is 3.16. The summed E-state index contributed by atoms with van der Waals surface area (Å²) in [5.41, 5.74) is 2.27. The van der Waals surface area contributed by atoms with E-state index in [1.54, 1.807) is 21.3 Å². The van der Waals surface area contributed by atoms with Crippen LogP contribution in [0.5, 0.6) is 11.5 Å². The second-order valence-electron chi connectivity index (χ2n) is 6.91. The van der Waals surface area contributed by atoms with E-state index in [9.17, 15) is 0 Å². The van der Waals surface area contributed by atoms with Crippen LogP contribution in [0.15, 0.2) is 17.1 Å². The van der Waals surface area contributed by atoms with Gasteiger partial charge in [-0.2, -0.15) is 0 Å². The highest BCUT2D eigenvalue weighted by Gasteiger charge is 2.21. The Bertz CT molecular complexity index is 628. The Balaban J connectivity index is 0.00000392. The zero-order chi connectivity index (χ0) is 19.6. The lowest BCUT2D eigenvalue weighted by Crippen LogP contribution is -2.40. The van der Waals surface area contributed by atoms with Crippen LogP contribution in [0.25, 0.3) is 0 Å². The van der Waals surface area contributed by atoms with Crippen molar-refractivity contribution in [2.45, 2.75) is 32.4 Å². The molecule has 0 saturated heterocycles. The van der Waals surface area contributed by atoms with Crippen LogP contribution in [-0.2, 0) is 17.7 Å². The quantitative estimate of drug-likeness (QED) is 0.220. The Hall–Kier alpha value is -1.26. The lowest BCUT2D eigenvalue weighted by Gasteiger charge is -2.18. The molecule has 160 valence electrons. The molecule has 0 fully saturated rings. The average Bonchev–Trinajstić information content (AvgIpc) is 3.02. The minimum Gasteiger partial charge on any atom is -0.496 e. The molecule has 1 aromatic carbocycles. The highest BCUT2D eigenvalue weighted by atomic mass is 127. The number of methoxy groups -OCH3 is 2. The van der Waals surface area contributed by atoms with Crippen molar-refractivity contribution in [3.05, 3.63) is 23.3 Å². The first-order valence-electron chi connectivity index (χ1n) is 9.55. The summed E-state index contributed by atoms with van der Waals surface area (Å²) in [6.45, 7) is 6.29. The number of benzene rings is 1. The lowest BCUT2D eigenvalue weighted by molar-refractivity contribution is 0.180. The molecular weight excluding hydrogens is 471 g/mol. The first-order chi connectivity index (χ1) is 13.1. The van der Waals surface area contributed by atoms with Gasteiger partial charge in [0, 0.05) is 64.5 Å². The van der Waals surface area contributed by atoms with Crippen LogP contribution < -0.4 is 20.1 Å². The van der Waals surface area contributed by atoms with Crippen molar-refractivity contribution >= 4 is 29.9 Å². The monoisotopic (exact) mass is 506 g/mol. The number of nitrogens with one attached hydrogen (secondary N) is 2. The topological polar surface area (TPSA) is 67.4 Å². The number of rotatable bonds is 10. The highest BCUT2D eigenvalue weighted by Crippen LogP contribution is 2.34. The van der Waals surface area contributed by atoms with Gasteiger partial charge in [-0.3, -0.25) is 4.99 Å². The Morgan fingerprint density at radius 2 is 2.07 bits per heavy atom. The Morgan fingerprint density at radius 3 is 2.75 bits per heavy atom. The molecular formula is C20H35IN4O3. The third kappa shape index (κ3) is 7.63. The number of fused-ring (bicyclic) bond motifs is 1. The maximum atomic E-state index is 5.87. The van der Waals surface area contributed by atoms with Crippen molar-refractivity contribution in [1.29, 1.82) is 0 Å². The number of halogens is 1. The molecule has 2 rings (SSSR count). The van der Waals surface area contributed by atoms with Crippen molar-refractivity contribution in [3.63, 3.8) is 0 Å². The predicted octanol–water partition coefficient (Wildman–Crippen LogP) is 2.27. The van der Waals surface area contributed by atoms with E-state index in [0.29, 0.717) is 6.54 Å². The standard InChI is InChI=1S/C20H34N4O3.HI/c1-15-11-16-12-18(26-5)17(13-19(16)27-15)14-23-20(21-2)22-7-9-24(3)8-6-10-25-4;/h12-13,15H,6-11,14H2,1-5H3,(H2,21,22,23);1H. The van der Waals surface area contributed by atoms with Crippen LogP contribution in [0, 0.1) is 0 Å². The number of guanidine groups is 1. The molecule has 0 spiro atoms. The highest BCUT2D eigenvalue weighted by molar-refractivity contribution is 14.0. The normalized spacial score (nSPS) is 15.6. The fourth-order valence-electron chi connectivity index (χ4n) is 3.16. The third-order valence-electron chi connectivity index (χ3n) is 4.64. The molecule has 0 aliphatic carbocycles. The number of aliphatic imine (C=N–C) groups is 1. The first kappa shape index (κ1) is 24.8. The number of nitrogens with zero attached hydrogens (tertiary/aromatic N) is 2. The van der Waals surface area contributed by atoms with Gasteiger partial charge < -0.3 is 29.7 Å². The zero-order valence-corrected chi connectivity index (χ0v) is 20.0. The molecule has 0 radical (unpaired) electrons. The fraction of sp³-hybridized carbons (Fsp3) is 0.650. The van der Waals surface area contributed by atoms with Crippen molar-refractivity contribution in [1.82, 2.24) is 15.5 Å². The molecule has 1 unspecified atom stereocenters. The Kier molecular flexibility index (Phi) is 11.6. The number of ether oxygens (including phenoxy) is 3. The van der Waals surface area contributed by atoms with E-state index in [1.165, 1.54) is 5.56 Å². The maximum absolute atomic E-state index is 5.87. The van der Waals surface area contributed by atoms with Crippen molar-refractivity contribution in [3.8, 4) is 11.5 Å². The van der Waals surface area contributed by atoms with Crippen molar-refractivity contribution in [2.24, 2.45) is 4.99 Å². The molecule has 28 heavy (non-hydrogen) atoms. The van der Waals surface area contributed by atoms with Gasteiger partial charge in [-0.25, -0.2) is 0 Å². The summed E-state index contributed by atoms with van der Waals surface area (Å²) in [4.78, 5) is 6.58. The third-order valence-corrected chi connectivity index (χ3v) is 4.64. The van der Waals surface area contributed by atoms with Gasteiger partial charge in [0.2, 0.25) is 0 Å². The van der Waals surface area contributed by atoms with Gasteiger partial charge in [0.25, 0.3) is 0 Å². The second kappa shape index (κ2) is 13.1. The smallest absolute Gasteiger partial charge is 0.191 e. The lowest BCUT2D eigenvalue weighted by atomic mass is 10.1. The molecule has 1 aliphatic rings. The van der Waals surface area contributed by atoms with E-state index in [-0.39, 0.29) is 30.1 Å². The SMILES string of the molecule is CN=C(NCCN(C)CCCOC)NCc1cc2c(cc1OC)CC(C)O2.I. The van der Waals surface area contributed by atoms with Crippen LogP contribution in [-0.4, -0.2) is 71.5 Å². The van der Waals surface area contributed by atoms with E-state index >= 15 is 0 Å². The molecule has 0 aromatic heterocycles. The average molecular weight is 506 g/mol. The molecule has 8 heteroatoms. The van der Waals surface area contributed by atoms with Gasteiger partial charge in [0.15, 0.2) is 5.96 Å². The van der Waals surface area contributed by atoms with E-state index in [0.717, 1.165) is 62.1 Å². The van der Waals surface area contributed by atoms with Crippen LogP contribution in [0.3, 0.4) is 0 Å². The van der Waals surface area contributed by atoms with Gasteiger partial charge in [0.1, 0.15) is 17.6 Å². The largest absolute Gasteiger partial charge is 0.496 e. The zero-order valence-electron chi connectivity index (χ0n) is 17.7. The number of hydrogen-bond acceptors (Lipinski definition) is 5. The minimum atomic E-state index is 0. The molecule has 0 bridgehead atoms. The van der Waals surface area contributed by atoms with E-state index < -0.39 is 0 Å². The van der Waals surface area contributed by atoms with Crippen molar-refractivity contribution in [2.75, 3.05) is 54.6 Å². The Morgan fingerprint density at radius 1 is 1.29 bits per heavy atom. The predicted molar refractivity (Wildman–Crippen MR) is 124 cm³/mol. The minimum absolute atomic E-state index is 0. The van der Waals surface area contributed by atoms with Crippen LogP contribution in [0.4, 0.5) is 0 Å². The van der Waals surface area contributed by atoms with E-state index in [4.69, 9.17) is 14.2 Å². The molecule has 2 N–H and O–H groups in total. The molecule has 1 atom stereocenters. The first-order valence-corrected chi connectivity index (χ1v) is 9.55. The maximum Gasteiger partial charge on any atom is 0.191 e. The molecule has 1 heterocycles. The molecule has 0 saturated carbocycles. The van der Waals surface area contributed by atoms with Gasteiger partial charge in [0.05, 0.1) is 7.11 Å². The molecule has 1 aromatic rings. The number of hydrogen-bond donors (Lipinski definition) is 2. The van der Waals surface area contributed by atoms with Gasteiger partial charge in [-0.05, 0) is 32.5 Å². The van der Waals surface area contributed by atoms with Gasteiger partial charge >= 0.3 is 0 Å². The molecule has 1 aliphatic heterocycles. The summed E-state index contributed by atoms with van der Waals surface area (Å²) in [6, 6.07) is 4.16. The summed E-state index contributed by atoms with van der Waals surface area (Å²) < 4.78 is 16.5. The van der Waals surface area contributed by atoms with E-state index in [1.807, 2.05) is 0 Å². The van der Waals surface area contributed by atoms with E-state index in [2.05, 4.69) is 46.6 Å².